The molecule has 0 aliphatic rings. The molecule has 2 heterocycles. The van der Waals surface area contributed by atoms with Crippen molar-refractivity contribution in [3.05, 3.63) is 47.7 Å². The summed E-state index contributed by atoms with van der Waals surface area (Å²) in [5, 5.41) is 2.67. The molecule has 6 nitrogen and oxygen atoms in total. The maximum Gasteiger partial charge on any atom is 0.392 e. The molecule has 0 saturated carbocycles. The number of halogens is 3. The van der Waals surface area contributed by atoms with Crippen LogP contribution in [0.1, 0.15) is 28.2 Å². The first kappa shape index (κ1) is 17.6. The summed E-state index contributed by atoms with van der Waals surface area (Å²) in [5.41, 5.74) is 1.61. The van der Waals surface area contributed by atoms with Crippen LogP contribution in [0, 0.1) is 6.92 Å². The van der Waals surface area contributed by atoms with E-state index in [0.717, 1.165) is 0 Å². The second-order valence-corrected chi connectivity index (χ2v) is 4.95. The molecule has 0 fully saturated rings. The van der Waals surface area contributed by atoms with Crippen LogP contribution in [0.3, 0.4) is 0 Å². The predicted molar refractivity (Wildman–Crippen MR) is 78.3 cm³/mol. The van der Waals surface area contributed by atoms with Crippen molar-refractivity contribution in [1.82, 2.24) is 20.3 Å². The largest absolute Gasteiger partial charge is 0.477 e. The molecular weight excluding hydrogens is 325 g/mol. The molecule has 0 spiro atoms. The van der Waals surface area contributed by atoms with Crippen LogP contribution in [0.4, 0.5) is 13.2 Å². The third kappa shape index (κ3) is 5.82. The van der Waals surface area contributed by atoms with E-state index in [1.165, 1.54) is 18.6 Å². The zero-order valence-corrected chi connectivity index (χ0v) is 12.8. The topological polar surface area (TPSA) is 77.0 Å². The number of carbonyl (C=O) groups excluding carboxylic acids is 1. The van der Waals surface area contributed by atoms with Crippen molar-refractivity contribution in [2.75, 3.05) is 6.61 Å². The molecule has 0 saturated heterocycles. The number of aromatic nitrogens is 3. The number of pyridine rings is 1. The van der Waals surface area contributed by atoms with Crippen LogP contribution >= 0.6 is 0 Å². The molecule has 0 bridgehead atoms. The maximum absolute atomic E-state index is 12.0. The number of ether oxygens (including phenoxy) is 1. The van der Waals surface area contributed by atoms with Crippen molar-refractivity contribution in [1.29, 1.82) is 0 Å². The van der Waals surface area contributed by atoms with E-state index in [0.29, 0.717) is 11.3 Å². The molecular formula is C15H15F3N4O2. The highest BCUT2D eigenvalue weighted by atomic mass is 19.4. The Labute approximate surface area is 136 Å². The van der Waals surface area contributed by atoms with Crippen molar-refractivity contribution in [3.8, 4) is 5.88 Å². The van der Waals surface area contributed by atoms with Crippen LogP contribution in [-0.2, 0) is 6.54 Å². The summed E-state index contributed by atoms with van der Waals surface area (Å²) in [6.45, 7) is 1.47. The summed E-state index contributed by atoms with van der Waals surface area (Å²) in [6.07, 6.45) is -2.57. The van der Waals surface area contributed by atoms with E-state index in [9.17, 15) is 18.0 Å². The quantitative estimate of drug-likeness (QED) is 0.874. The average Bonchev–Trinajstić information content (AvgIpc) is 2.52. The monoisotopic (exact) mass is 340 g/mol. The highest BCUT2D eigenvalue weighted by Crippen LogP contribution is 2.19. The Morgan fingerprint density at radius 3 is 2.67 bits per heavy atom. The van der Waals surface area contributed by atoms with Crippen molar-refractivity contribution in [2.45, 2.75) is 26.1 Å². The van der Waals surface area contributed by atoms with Crippen molar-refractivity contribution in [2.24, 2.45) is 0 Å². The molecule has 24 heavy (non-hydrogen) atoms. The minimum atomic E-state index is -4.26. The predicted octanol–water partition coefficient (Wildman–Crippen LogP) is 2.44. The van der Waals surface area contributed by atoms with E-state index < -0.39 is 19.2 Å². The lowest BCUT2D eigenvalue weighted by Gasteiger charge is -2.09. The van der Waals surface area contributed by atoms with E-state index in [4.69, 9.17) is 4.74 Å². The molecule has 0 aromatic carbocycles. The lowest BCUT2D eigenvalue weighted by Crippen LogP contribution is -2.24. The highest BCUT2D eigenvalue weighted by molar-refractivity contribution is 5.92. The van der Waals surface area contributed by atoms with Crippen LogP contribution in [0.5, 0.6) is 5.88 Å². The summed E-state index contributed by atoms with van der Waals surface area (Å²) < 4.78 is 41.0. The fraction of sp³-hybridized carbons (Fsp3) is 0.333. The molecule has 2 rings (SSSR count). The zero-order valence-electron chi connectivity index (χ0n) is 12.8. The zero-order chi connectivity index (χ0) is 17.6. The number of alkyl halides is 3. The van der Waals surface area contributed by atoms with Gasteiger partial charge in [0.25, 0.3) is 5.91 Å². The van der Waals surface area contributed by atoms with E-state index in [-0.39, 0.29) is 24.0 Å². The van der Waals surface area contributed by atoms with Gasteiger partial charge in [-0.15, -0.1) is 0 Å². The first-order valence-electron chi connectivity index (χ1n) is 7.05. The summed E-state index contributed by atoms with van der Waals surface area (Å²) in [5.74, 6) is -0.258. The Morgan fingerprint density at radius 2 is 2.04 bits per heavy atom. The van der Waals surface area contributed by atoms with Gasteiger partial charge in [0.05, 0.1) is 13.0 Å². The van der Waals surface area contributed by atoms with E-state index >= 15 is 0 Å². The molecule has 0 atom stereocenters. The number of rotatable bonds is 6. The fourth-order valence-electron chi connectivity index (χ4n) is 1.72. The number of nitrogens with one attached hydrogen (secondary N) is 1. The summed E-state index contributed by atoms with van der Waals surface area (Å²) >= 11 is 0. The summed E-state index contributed by atoms with van der Waals surface area (Å²) in [6, 6.07) is 4.62. The third-order valence-electron chi connectivity index (χ3n) is 2.92. The molecule has 0 unspecified atom stereocenters. The third-order valence-corrected chi connectivity index (χ3v) is 2.92. The second kappa shape index (κ2) is 7.71. The second-order valence-electron chi connectivity index (χ2n) is 4.95. The molecule has 2 aromatic rings. The van der Waals surface area contributed by atoms with E-state index in [2.05, 4.69) is 20.3 Å². The van der Waals surface area contributed by atoms with E-state index in [1.807, 2.05) is 0 Å². The molecule has 1 N–H and O–H groups in total. The standard InChI is InChI=1S/C15H15F3N4O2/c1-10-6-12(22-9-21-10)14(23)20-8-11-2-3-13(19-7-11)24-5-4-15(16,17)18/h2-3,6-7,9H,4-5,8H2,1H3,(H,20,23). The lowest BCUT2D eigenvalue weighted by atomic mass is 10.2. The molecule has 128 valence electrons. The van der Waals surface area contributed by atoms with Gasteiger partial charge in [-0.25, -0.2) is 15.0 Å². The smallest absolute Gasteiger partial charge is 0.392 e. The molecule has 0 aliphatic carbocycles. The van der Waals surface area contributed by atoms with Crippen molar-refractivity contribution < 1.29 is 22.7 Å². The fourth-order valence-corrected chi connectivity index (χ4v) is 1.72. The Balaban J connectivity index is 1.82. The molecule has 2 aromatic heterocycles. The lowest BCUT2D eigenvalue weighted by molar-refractivity contribution is -0.139. The number of aryl methyl sites for hydroxylation is 1. The van der Waals surface area contributed by atoms with Gasteiger partial charge in [0.1, 0.15) is 12.0 Å². The van der Waals surface area contributed by atoms with Gasteiger partial charge >= 0.3 is 6.18 Å². The van der Waals surface area contributed by atoms with Crippen LogP contribution in [0.15, 0.2) is 30.7 Å². The molecule has 0 radical (unpaired) electrons. The van der Waals surface area contributed by atoms with Gasteiger partial charge in [-0.1, -0.05) is 6.07 Å². The van der Waals surface area contributed by atoms with Gasteiger partial charge in [-0.2, -0.15) is 13.2 Å². The number of hydrogen-bond acceptors (Lipinski definition) is 5. The Kier molecular flexibility index (Phi) is 5.67. The van der Waals surface area contributed by atoms with Gasteiger partial charge in [0.2, 0.25) is 5.88 Å². The molecule has 0 aliphatic heterocycles. The van der Waals surface area contributed by atoms with Crippen LogP contribution in [0.2, 0.25) is 0 Å². The van der Waals surface area contributed by atoms with Crippen molar-refractivity contribution in [3.63, 3.8) is 0 Å². The van der Waals surface area contributed by atoms with Gasteiger partial charge in [-0.3, -0.25) is 4.79 Å². The van der Waals surface area contributed by atoms with Crippen LogP contribution < -0.4 is 10.1 Å². The number of amides is 1. The number of hydrogen-bond donors (Lipinski definition) is 1. The first-order valence-corrected chi connectivity index (χ1v) is 7.05. The molecule has 9 heteroatoms. The van der Waals surface area contributed by atoms with Gasteiger partial charge in [0, 0.05) is 24.5 Å². The van der Waals surface area contributed by atoms with Crippen molar-refractivity contribution >= 4 is 5.91 Å². The van der Waals surface area contributed by atoms with Gasteiger partial charge in [0.15, 0.2) is 0 Å². The van der Waals surface area contributed by atoms with Gasteiger partial charge < -0.3 is 10.1 Å². The highest BCUT2D eigenvalue weighted by Gasteiger charge is 2.26. The number of nitrogens with zero attached hydrogens (tertiary/aromatic N) is 3. The minimum Gasteiger partial charge on any atom is -0.477 e. The Morgan fingerprint density at radius 1 is 1.25 bits per heavy atom. The summed E-state index contributed by atoms with van der Waals surface area (Å²) in [7, 11) is 0. The van der Waals surface area contributed by atoms with Crippen LogP contribution in [-0.4, -0.2) is 33.6 Å². The SMILES string of the molecule is Cc1cc(C(=O)NCc2ccc(OCCC(F)(F)F)nc2)ncn1. The van der Waals surface area contributed by atoms with E-state index in [1.54, 1.807) is 19.1 Å². The Bertz CT molecular complexity index is 690. The number of carbonyl (C=O) groups is 1. The van der Waals surface area contributed by atoms with Crippen LogP contribution in [0.25, 0.3) is 0 Å². The minimum absolute atomic E-state index is 0.0979. The Hall–Kier alpha value is -2.71. The average molecular weight is 340 g/mol. The normalized spacial score (nSPS) is 11.2. The maximum atomic E-state index is 12.0. The first-order chi connectivity index (χ1) is 11.3. The van der Waals surface area contributed by atoms with Gasteiger partial charge in [-0.05, 0) is 18.6 Å². The molecule has 1 amide bonds. The summed E-state index contributed by atoms with van der Waals surface area (Å²) in [4.78, 5) is 23.6.